The lowest BCUT2D eigenvalue weighted by Crippen LogP contribution is -2.32. The van der Waals surface area contributed by atoms with Crippen molar-refractivity contribution >= 4 is 22.6 Å². The largest absolute Gasteiger partial charge is 0.462 e. The van der Waals surface area contributed by atoms with E-state index in [-0.39, 0.29) is 29.1 Å². The molecule has 0 aliphatic carbocycles. The van der Waals surface area contributed by atoms with E-state index in [1.165, 1.54) is 10.5 Å². The lowest BCUT2D eigenvalue weighted by molar-refractivity contribution is 0.0523. The zero-order valence-electron chi connectivity index (χ0n) is 14.4. The predicted octanol–water partition coefficient (Wildman–Crippen LogP) is 1.96. The van der Waals surface area contributed by atoms with Crippen molar-refractivity contribution in [1.82, 2.24) is 14.0 Å². The number of carbonyl (C=O) groups is 1. The van der Waals surface area contributed by atoms with Gasteiger partial charge in [0.25, 0.3) is 5.56 Å². The maximum Gasteiger partial charge on any atom is 0.341 e. The van der Waals surface area contributed by atoms with Crippen molar-refractivity contribution in [2.45, 2.75) is 27.3 Å². The number of rotatable bonds is 4. The Balaban J connectivity index is 2.45. The second-order valence-corrected chi connectivity index (χ2v) is 6.21. The van der Waals surface area contributed by atoms with E-state index in [0.717, 1.165) is 0 Å². The first-order valence-corrected chi connectivity index (χ1v) is 8.20. The minimum atomic E-state index is -0.607. The van der Waals surface area contributed by atoms with Crippen LogP contribution in [-0.2, 0) is 11.3 Å². The Morgan fingerprint density at radius 3 is 2.80 bits per heavy atom. The Morgan fingerprint density at radius 2 is 2.12 bits per heavy atom. The number of hydrogen-bond donors (Lipinski definition) is 1. The first-order valence-electron chi connectivity index (χ1n) is 8.20. The molecule has 0 amide bonds. The molecule has 1 N–H and O–H groups in total. The highest BCUT2D eigenvalue weighted by molar-refractivity contribution is 5.93. The second kappa shape index (κ2) is 6.51. The number of nitrogens with zero attached hydrogens (tertiary/aromatic N) is 3. The summed E-state index contributed by atoms with van der Waals surface area (Å²) in [5.74, 6) is -0.393. The summed E-state index contributed by atoms with van der Waals surface area (Å²) in [6, 6.07) is 6.70. The van der Waals surface area contributed by atoms with Crippen LogP contribution in [0.2, 0.25) is 0 Å². The smallest absolute Gasteiger partial charge is 0.341 e. The van der Waals surface area contributed by atoms with Crippen LogP contribution in [-0.4, -0.2) is 26.5 Å². The molecule has 0 saturated carbocycles. The number of carbonyl (C=O) groups excluding carboxylic acids is 1. The zero-order valence-corrected chi connectivity index (χ0v) is 14.4. The summed E-state index contributed by atoms with van der Waals surface area (Å²) >= 11 is 0. The van der Waals surface area contributed by atoms with Gasteiger partial charge in [-0.25, -0.2) is 9.78 Å². The maximum absolute atomic E-state index is 12.9. The standard InChI is InChI=1S/C18H20N4O3/c1-4-25-18(24)12-9-13-16(22(15(12)19)10-11(2)3)20-14-7-5-6-8-21(14)17(13)23/h5-9,11,19H,4,10H2,1-3H3. The average Bonchev–Trinajstić information content (AvgIpc) is 2.57. The topological polar surface area (TPSA) is 89.4 Å². The van der Waals surface area contributed by atoms with E-state index in [9.17, 15) is 9.59 Å². The van der Waals surface area contributed by atoms with E-state index in [2.05, 4.69) is 4.98 Å². The van der Waals surface area contributed by atoms with Gasteiger partial charge in [0, 0.05) is 12.7 Å². The lowest BCUT2D eigenvalue weighted by atomic mass is 10.1. The highest BCUT2D eigenvalue weighted by Gasteiger charge is 2.18. The molecule has 0 spiro atoms. The number of nitrogens with one attached hydrogen (secondary N) is 1. The average molecular weight is 340 g/mol. The zero-order chi connectivity index (χ0) is 18.1. The third-order valence-electron chi connectivity index (χ3n) is 3.86. The summed E-state index contributed by atoms with van der Waals surface area (Å²) in [7, 11) is 0. The van der Waals surface area contributed by atoms with E-state index in [1.54, 1.807) is 35.9 Å². The predicted molar refractivity (Wildman–Crippen MR) is 93.6 cm³/mol. The fourth-order valence-corrected chi connectivity index (χ4v) is 2.79. The minimum absolute atomic E-state index is 0.00633. The van der Waals surface area contributed by atoms with Crippen molar-refractivity contribution in [3.8, 4) is 0 Å². The van der Waals surface area contributed by atoms with Gasteiger partial charge in [0.15, 0.2) is 0 Å². The van der Waals surface area contributed by atoms with Crippen LogP contribution in [0.1, 0.15) is 31.1 Å². The molecule has 0 aliphatic rings. The first kappa shape index (κ1) is 16.9. The summed E-state index contributed by atoms with van der Waals surface area (Å²) in [5.41, 5.74) is 0.712. The summed E-state index contributed by atoms with van der Waals surface area (Å²) in [4.78, 5) is 29.7. The van der Waals surface area contributed by atoms with Crippen molar-refractivity contribution in [2.75, 3.05) is 6.61 Å². The molecule has 7 heteroatoms. The molecule has 0 atom stereocenters. The quantitative estimate of drug-likeness (QED) is 0.581. The Labute approximate surface area is 144 Å². The number of aromatic nitrogens is 3. The van der Waals surface area contributed by atoms with Gasteiger partial charge < -0.3 is 9.30 Å². The Hall–Kier alpha value is -2.96. The van der Waals surface area contributed by atoms with E-state index in [0.29, 0.717) is 23.2 Å². The van der Waals surface area contributed by atoms with Crippen LogP contribution in [0.25, 0.3) is 16.7 Å². The Kier molecular flexibility index (Phi) is 4.39. The molecule has 3 aromatic heterocycles. The summed E-state index contributed by atoms with van der Waals surface area (Å²) in [6.07, 6.45) is 1.63. The van der Waals surface area contributed by atoms with E-state index in [1.807, 2.05) is 13.8 Å². The molecular weight excluding hydrogens is 320 g/mol. The van der Waals surface area contributed by atoms with Gasteiger partial charge in [-0.3, -0.25) is 14.6 Å². The van der Waals surface area contributed by atoms with Gasteiger partial charge in [0.1, 0.15) is 22.3 Å². The molecule has 0 radical (unpaired) electrons. The molecule has 0 bridgehead atoms. The molecule has 7 nitrogen and oxygen atoms in total. The first-order chi connectivity index (χ1) is 11.9. The van der Waals surface area contributed by atoms with Crippen LogP contribution in [0, 0.1) is 11.3 Å². The van der Waals surface area contributed by atoms with Crippen molar-refractivity contribution in [3.05, 3.63) is 51.9 Å². The van der Waals surface area contributed by atoms with Gasteiger partial charge >= 0.3 is 5.97 Å². The maximum atomic E-state index is 12.9. The summed E-state index contributed by atoms with van der Waals surface area (Å²) < 4.78 is 8.09. The Bertz CT molecular complexity index is 1080. The molecule has 25 heavy (non-hydrogen) atoms. The van der Waals surface area contributed by atoms with Crippen molar-refractivity contribution in [3.63, 3.8) is 0 Å². The summed E-state index contributed by atoms with van der Waals surface area (Å²) in [6.45, 7) is 6.38. The molecule has 0 saturated heterocycles. The normalized spacial score (nSPS) is 11.4. The molecule has 0 fully saturated rings. The number of esters is 1. The van der Waals surface area contributed by atoms with Crippen LogP contribution >= 0.6 is 0 Å². The molecule has 0 unspecified atom stereocenters. The molecule has 3 rings (SSSR count). The number of pyridine rings is 2. The van der Waals surface area contributed by atoms with E-state index >= 15 is 0 Å². The van der Waals surface area contributed by atoms with Crippen molar-refractivity contribution in [1.29, 1.82) is 5.41 Å². The number of hydrogen-bond acceptors (Lipinski definition) is 5. The van der Waals surface area contributed by atoms with Gasteiger partial charge in [-0.05, 0) is 31.0 Å². The third-order valence-corrected chi connectivity index (χ3v) is 3.86. The molecular formula is C18H20N4O3. The number of ether oxygens (including phenoxy) is 1. The van der Waals surface area contributed by atoms with Gasteiger partial charge in [0.05, 0.1) is 12.0 Å². The third kappa shape index (κ3) is 2.93. The second-order valence-electron chi connectivity index (χ2n) is 6.21. The highest BCUT2D eigenvalue weighted by Crippen LogP contribution is 2.12. The fourth-order valence-electron chi connectivity index (χ4n) is 2.79. The Morgan fingerprint density at radius 1 is 1.36 bits per heavy atom. The van der Waals surface area contributed by atoms with Crippen LogP contribution in [0.3, 0.4) is 0 Å². The molecule has 3 aromatic rings. The monoisotopic (exact) mass is 340 g/mol. The minimum Gasteiger partial charge on any atom is -0.462 e. The van der Waals surface area contributed by atoms with Crippen LogP contribution in [0.15, 0.2) is 35.3 Å². The molecule has 0 aliphatic heterocycles. The lowest BCUT2D eigenvalue weighted by Gasteiger charge is -2.15. The number of fused-ring (bicyclic) bond motifs is 2. The molecule has 3 heterocycles. The summed E-state index contributed by atoms with van der Waals surface area (Å²) in [5, 5.41) is 8.72. The fraction of sp³-hybridized carbons (Fsp3) is 0.333. The van der Waals surface area contributed by atoms with Crippen molar-refractivity contribution < 1.29 is 9.53 Å². The van der Waals surface area contributed by atoms with Crippen LogP contribution in [0.5, 0.6) is 0 Å². The SMILES string of the molecule is CCOC(=O)c1cc2c(=O)n3ccccc3nc2n(CC(C)C)c1=N. The van der Waals surface area contributed by atoms with Gasteiger partial charge in [-0.1, -0.05) is 19.9 Å². The van der Waals surface area contributed by atoms with Crippen LogP contribution in [0.4, 0.5) is 0 Å². The molecule has 130 valence electrons. The van der Waals surface area contributed by atoms with Gasteiger partial charge in [-0.2, -0.15) is 0 Å². The van der Waals surface area contributed by atoms with Crippen molar-refractivity contribution in [2.24, 2.45) is 5.92 Å². The van der Waals surface area contributed by atoms with E-state index < -0.39 is 5.97 Å². The van der Waals surface area contributed by atoms with Gasteiger partial charge in [-0.15, -0.1) is 0 Å². The van der Waals surface area contributed by atoms with Crippen LogP contribution < -0.4 is 11.0 Å². The van der Waals surface area contributed by atoms with Gasteiger partial charge in [0.2, 0.25) is 0 Å². The molecule has 0 aromatic carbocycles. The highest BCUT2D eigenvalue weighted by atomic mass is 16.5. The van der Waals surface area contributed by atoms with E-state index in [4.69, 9.17) is 10.1 Å².